The standard InChI is InChI=1S/C7H8N4O/c1-2-7(12)9-6-3-5(4-8)10-11-6/h3H,2H2,1H3,(H2,9,10,11,12). The van der Waals surface area contributed by atoms with Gasteiger partial charge >= 0.3 is 0 Å². The predicted octanol–water partition coefficient (Wildman–Crippen LogP) is 0.630. The van der Waals surface area contributed by atoms with E-state index >= 15 is 0 Å². The fraction of sp³-hybridized carbons (Fsp3) is 0.286. The van der Waals surface area contributed by atoms with Crippen LogP contribution in [0.4, 0.5) is 5.82 Å². The Hall–Kier alpha value is -1.83. The number of hydrogen-bond donors (Lipinski definition) is 2. The Kier molecular flexibility index (Phi) is 2.43. The van der Waals surface area contributed by atoms with E-state index < -0.39 is 0 Å². The fourth-order valence-electron chi connectivity index (χ4n) is 0.674. The highest BCUT2D eigenvalue weighted by Crippen LogP contribution is 2.03. The highest BCUT2D eigenvalue weighted by molar-refractivity contribution is 5.89. The molecule has 0 aliphatic carbocycles. The molecular formula is C7H8N4O. The molecule has 0 spiro atoms. The first-order valence-electron chi connectivity index (χ1n) is 3.51. The lowest BCUT2D eigenvalue weighted by molar-refractivity contribution is -0.115. The highest BCUT2D eigenvalue weighted by Gasteiger charge is 2.02. The van der Waals surface area contributed by atoms with Crippen LogP contribution in [0, 0.1) is 11.3 Å². The molecule has 5 heteroatoms. The van der Waals surface area contributed by atoms with Crippen LogP contribution in [0.1, 0.15) is 19.0 Å². The number of H-pyrrole nitrogens is 1. The van der Waals surface area contributed by atoms with Crippen LogP contribution >= 0.6 is 0 Å². The number of nitriles is 1. The van der Waals surface area contributed by atoms with E-state index in [9.17, 15) is 4.79 Å². The zero-order chi connectivity index (χ0) is 8.97. The van der Waals surface area contributed by atoms with Gasteiger partial charge in [-0.05, 0) is 0 Å². The zero-order valence-electron chi connectivity index (χ0n) is 6.59. The molecule has 0 radical (unpaired) electrons. The molecule has 62 valence electrons. The smallest absolute Gasteiger partial charge is 0.225 e. The van der Waals surface area contributed by atoms with E-state index in [4.69, 9.17) is 5.26 Å². The molecule has 0 unspecified atom stereocenters. The Morgan fingerprint density at radius 3 is 3.17 bits per heavy atom. The first kappa shape index (κ1) is 8.27. The van der Waals surface area contributed by atoms with Gasteiger partial charge in [-0.1, -0.05) is 6.92 Å². The number of aromatic amines is 1. The molecule has 1 rings (SSSR count). The summed E-state index contributed by atoms with van der Waals surface area (Å²) in [6, 6.07) is 3.35. The van der Waals surface area contributed by atoms with Crippen LogP contribution < -0.4 is 5.32 Å². The van der Waals surface area contributed by atoms with E-state index in [1.165, 1.54) is 6.07 Å². The van der Waals surface area contributed by atoms with Crippen LogP contribution in [-0.2, 0) is 4.79 Å². The third kappa shape index (κ3) is 1.83. The first-order chi connectivity index (χ1) is 5.76. The number of hydrogen-bond acceptors (Lipinski definition) is 3. The molecule has 2 N–H and O–H groups in total. The second-order valence-corrected chi connectivity index (χ2v) is 2.18. The number of nitrogens with one attached hydrogen (secondary N) is 2. The Morgan fingerprint density at radius 1 is 1.92 bits per heavy atom. The molecule has 1 heterocycles. The second-order valence-electron chi connectivity index (χ2n) is 2.18. The van der Waals surface area contributed by atoms with Gasteiger partial charge in [0, 0.05) is 12.5 Å². The molecule has 0 saturated carbocycles. The maximum absolute atomic E-state index is 10.8. The van der Waals surface area contributed by atoms with E-state index in [1.54, 1.807) is 6.92 Å². The lowest BCUT2D eigenvalue weighted by Gasteiger charge is -1.95. The van der Waals surface area contributed by atoms with Crippen molar-refractivity contribution in [1.82, 2.24) is 10.2 Å². The number of rotatable bonds is 2. The summed E-state index contributed by atoms with van der Waals surface area (Å²) >= 11 is 0. The topological polar surface area (TPSA) is 81.6 Å². The third-order valence-corrected chi connectivity index (χ3v) is 1.29. The molecule has 0 aromatic carbocycles. The second kappa shape index (κ2) is 3.53. The van der Waals surface area contributed by atoms with Gasteiger partial charge in [0.15, 0.2) is 5.82 Å². The first-order valence-corrected chi connectivity index (χ1v) is 3.51. The van der Waals surface area contributed by atoms with Crippen molar-refractivity contribution in [3.8, 4) is 6.07 Å². The van der Waals surface area contributed by atoms with Crippen LogP contribution in [0.2, 0.25) is 0 Å². The monoisotopic (exact) mass is 164 g/mol. The molecule has 0 aliphatic rings. The summed E-state index contributed by atoms with van der Waals surface area (Å²) in [6.07, 6.45) is 0.398. The van der Waals surface area contributed by atoms with Gasteiger partial charge in [0.2, 0.25) is 5.91 Å². The zero-order valence-corrected chi connectivity index (χ0v) is 6.59. The Bertz CT molecular complexity index is 322. The van der Waals surface area contributed by atoms with Crippen LogP contribution in [0.15, 0.2) is 6.07 Å². The van der Waals surface area contributed by atoms with Gasteiger partial charge in [-0.25, -0.2) is 0 Å². The summed E-state index contributed by atoms with van der Waals surface area (Å²) in [6.45, 7) is 1.74. The van der Waals surface area contributed by atoms with E-state index in [2.05, 4.69) is 15.5 Å². The number of amides is 1. The Morgan fingerprint density at radius 2 is 2.67 bits per heavy atom. The molecule has 0 saturated heterocycles. The van der Waals surface area contributed by atoms with Gasteiger partial charge in [-0.3, -0.25) is 9.89 Å². The highest BCUT2D eigenvalue weighted by atomic mass is 16.1. The molecule has 5 nitrogen and oxygen atoms in total. The normalized spacial score (nSPS) is 9.00. The molecular weight excluding hydrogens is 156 g/mol. The lowest BCUT2D eigenvalue weighted by Crippen LogP contribution is -2.09. The van der Waals surface area contributed by atoms with Crippen molar-refractivity contribution in [2.45, 2.75) is 13.3 Å². The maximum atomic E-state index is 10.8. The molecule has 0 bridgehead atoms. The van der Waals surface area contributed by atoms with Crippen LogP contribution in [0.3, 0.4) is 0 Å². The van der Waals surface area contributed by atoms with Crippen LogP contribution in [0.25, 0.3) is 0 Å². The molecule has 1 amide bonds. The van der Waals surface area contributed by atoms with E-state index in [1.807, 2.05) is 6.07 Å². The summed E-state index contributed by atoms with van der Waals surface area (Å²) in [4.78, 5) is 10.8. The van der Waals surface area contributed by atoms with Crippen LogP contribution in [-0.4, -0.2) is 16.1 Å². The van der Waals surface area contributed by atoms with Crippen molar-refractivity contribution in [2.24, 2.45) is 0 Å². The number of carbonyl (C=O) groups excluding carboxylic acids is 1. The van der Waals surface area contributed by atoms with Gasteiger partial charge in [0.05, 0.1) is 0 Å². The fourth-order valence-corrected chi connectivity index (χ4v) is 0.674. The molecule has 1 aromatic rings. The minimum absolute atomic E-state index is 0.119. The van der Waals surface area contributed by atoms with Crippen LogP contribution in [0.5, 0.6) is 0 Å². The Labute approximate surface area is 69.4 Å². The van der Waals surface area contributed by atoms with E-state index in [0.717, 1.165) is 0 Å². The minimum Gasteiger partial charge on any atom is -0.309 e. The Balaban J connectivity index is 2.65. The van der Waals surface area contributed by atoms with Gasteiger partial charge in [-0.15, -0.1) is 0 Å². The largest absolute Gasteiger partial charge is 0.309 e. The summed E-state index contributed by atoms with van der Waals surface area (Å²) in [7, 11) is 0. The van der Waals surface area contributed by atoms with Gasteiger partial charge in [-0.2, -0.15) is 10.4 Å². The summed E-state index contributed by atoms with van der Waals surface area (Å²) in [5.41, 5.74) is 0.335. The van der Waals surface area contributed by atoms with Gasteiger partial charge in [0.25, 0.3) is 0 Å². The van der Waals surface area contributed by atoms with Crippen molar-refractivity contribution in [3.63, 3.8) is 0 Å². The van der Waals surface area contributed by atoms with E-state index in [-0.39, 0.29) is 5.91 Å². The number of carbonyl (C=O) groups is 1. The van der Waals surface area contributed by atoms with Crippen molar-refractivity contribution in [1.29, 1.82) is 5.26 Å². The van der Waals surface area contributed by atoms with Crippen molar-refractivity contribution >= 4 is 11.7 Å². The van der Waals surface area contributed by atoms with Crippen molar-refractivity contribution in [3.05, 3.63) is 11.8 Å². The average Bonchev–Trinajstić information content (AvgIpc) is 2.52. The molecule has 0 fully saturated rings. The number of nitrogens with zero attached hydrogens (tertiary/aromatic N) is 2. The van der Waals surface area contributed by atoms with E-state index in [0.29, 0.717) is 17.9 Å². The maximum Gasteiger partial charge on any atom is 0.225 e. The SMILES string of the molecule is CCC(=O)Nc1cc(C#N)[nH]n1. The number of aromatic nitrogens is 2. The van der Waals surface area contributed by atoms with Gasteiger partial charge < -0.3 is 5.32 Å². The van der Waals surface area contributed by atoms with Crippen molar-refractivity contribution in [2.75, 3.05) is 5.32 Å². The quantitative estimate of drug-likeness (QED) is 0.672. The summed E-state index contributed by atoms with van der Waals surface area (Å²) < 4.78 is 0. The van der Waals surface area contributed by atoms with Gasteiger partial charge in [0.1, 0.15) is 11.8 Å². The van der Waals surface area contributed by atoms with Crippen molar-refractivity contribution < 1.29 is 4.79 Å². The predicted molar refractivity (Wildman–Crippen MR) is 42.2 cm³/mol. The lowest BCUT2D eigenvalue weighted by atomic mass is 10.4. The summed E-state index contributed by atoms with van der Waals surface area (Å²) in [5.74, 6) is 0.268. The summed E-state index contributed by atoms with van der Waals surface area (Å²) in [5, 5.41) is 17.1. The minimum atomic E-state index is -0.119. The molecule has 0 atom stereocenters. The molecule has 0 aliphatic heterocycles. The average molecular weight is 164 g/mol. The molecule has 1 aromatic heterocycles. The third-order valence-electron chi connectivity index (χ3n) is 1.29. The molecule has 12 heavy (non-hydrogen) atoms. The number of anilines is 1.